The van der Waals surface area contributed by atoms with Gasteiger partial charge < -0.3 is 10.2 Å². The van der Waals surface area contributed by atoms with Crippen LogP contribution in [-0.4, -0.2) is 54.7 Å². The summed E-state index contributed by atoms with van der Waals surface area (Å²) in [6.45, 7) is 0.330. The van der Waals surface area contributed by atoms with E-state index >= 15 is 0 Å². The van der Waals surface area contributed by atoms with Gasteiger partial charge in [0.05, 0.1) is 11.5 Å². The lowest BCUT2D eigenvalue weighted by molar-refractivity contribution is -0.136. The van der Waals surface area contributed by atoms with Crippen molar-refractivity contribution in [3.8, 4) is 0 Å². The van der Waals surface area contributed by atoms with Gasteiger partial charge in [-0.15, -0.1) is 0 Å². The molecule has 1 aliphatic rings. The molecule has 0 aromatic carbocycles. The zero-order chi connectivity index (χ0) is 16.2. The molecule has 0 bridgehead atoms. The van der Waals surface area contributed by atoms with Crippen LogP contribution >= 0.6 is 0 Å². The average molecular weight is 325 g/mol. The normalized spacial score (nSPS) is 19.6. The summed E-state index contributed by atoms with van der Waals surface area (Å²) in [5, 5.41) is 2.66. The fourth-order valence-electron chi connectivity index (χ4n) is 2.31. The molecule has 1 aliphatic heterocycles. The number of carbonyl (C=O) groups excluding carboxylic acids is 2. The molecule has 0 spiro atoms. The quantitative estimate of drug-likeness (QED) is 0.752. The smallest absolute Gasteiger partial charge is 0.232 e. The Kier molecular flexibility index (Phi) is 5.12. The van der Waals surface area contributed by atoms with Crippen LogP contribution in [-0.2, 0) is 26.0 Å². The van der Waals surface area contributed by atoms with Gasteiger partial charge >= 0.3 is 0 Å². The van der Waals surface area contributed by atoms with Gasteiger partial charge in [0.2, 0.25) is 11.8 Å². The van der Waals surface area contributed by atoms with Crippen LogP contribution < -0.4 is 5.32 Å². The Bertz CT molecular complexity index is 645. The monoisotopic (exact) mass is 325 g/mol. The van der Waals surface area contributed by atoms with Crippen LogP contribution in [0.1, 0.15) is 18.4 Å². The number of hydrogen-bond acceptors (Lipinski definition) is 5. The van der Waals surface area contributed by atoms with Crippen LogP contribution in [0.3, 0.4) is 0 Å². The van der Waals surface area contributed by atoms with Crippen molar-refractivity contribution in [2.45, 2.75) is 25.4 Å². The zero-order valence-electron chi connectivity index (χ0n) is 12.4. The maximum atomic E-state index is 12.0. The molecule has 2 amide bonds. The van der Waals surface area contributed by atoms with Gasteiger partial charge in [-0.05, 0) is 24.1 Å². The maximum Gasteiger partial charge on any atom is 0.232 e. The van der Waals surface area contributed by atoms with Gasteiger partial charge in [-0.1, -0.05) is 0 Å². The van der Waals surface area contributed by atoms with Crippen molar-refractivity contribution in [2.24, 2.45) is 0 Å². The number of sulfone groups is 1. The summed E-state index contributed by atoms with van der Waals surface area (Å²) in [7, 11) is -1.50. The second-order valence-electron chi connectivity index (χ2n) is 5.37. The highest BCUT2D eigenvalue weighted by Gasteiger charge is 2.33. The molecule has 0 radical (unpaired) electrons. The Morgan fingerprint density at radius 1 is 1.36 bits per heavy atom. The third-order valence-corrected chi connectivity index (χ3v) is 5.45. The van der Waals surface area contributed by atoms with Crippen molar-refractivity contribution >= 4 is 21.7 Å². The van der Waals surface area contributed by atoms with Gasteiger partial charge in [-0.3, -0.25) is 14.6 Å². The van der Waals surface area contributed by atoms with Crippen LogP contribution in [0, 0.1) is 0 Å². The zero-order valence-corrected chi connectivity index (χ0v) is 13.2. The van der Waals surface area contributed by atoms with Crippen LogP contribution in [0.25, 0.3) is 0 Å². The molecule has 22 heavy (non-hydrogen) atoms. The van der Waals surface area contributed by atoms with Crippen molar-refractivity contribution in [2.75, 3.05) is 18.6 Å². The molecule has 1 unspecified atom stereocenters. The molecule has 1 saturated heterocycles. The molecular formula is C14H19N3O4S. The highest BCUT2D eigenvalue weighted by molar-refractivity contribution is 7.91. The standard InChI is InChI=1S/C14H19N3O4S/c1-17(12-4-7-22(20,21)10-12)14(19)8-13(18)16-9-11-2-5-15-6-3-11/h2-3,5-6,12H,4,7-10H2,1H3,(H,16,18). The minimum atomic E-state index is -3.05. The van der Waals surface area contributed by atoms with Crippen LogP contribution in [0.5, 0.6) is 0 Å². The Morgan fingerprint density at radius 2 is 2.05 bits per heavy atom. The number of hydrogen-bond donors (Lipinski definition) is 1. The van der Waals surface area contributed by atoms with Gasteiger partial charge in [0.1, 0.15) is 6.42 Å². The van der Waals surface area contributed by atoms with Gasteiger partial charge in [0, 0.05) is 32.0 Å². The Morgan fingerprint density at radius 3 is 2.64 bits per heavy atom. The Hall–Kier alpha value is -1.96. The van der Waals surface area contributed by atoms with E-state index in [2.05, 4.69) is 10.3 Å². The number of carbonyl (C=O) groups is 2. The molecule has 1 aromatic rings. The predicted molar refractivity (Wildman–Crippen MR) is 80.5 cm³/mol. The minimum Gasteiger partial charge on any atom is -0.352 e. The van der Waals surface area contributed by atoms with Gasteiger partial charge in [-0.2, -0.15) is 0 Å². The van der Waals surface area contributed by atoms with Gasteiger partial charge in [0.15, 0.2) is 9.84 Å². The molecule has 0 saturated carbocycles. The molecule has 1 N–H and O–H groups in total. The van der Waals surface area contributed by atoms with Crippen LogP contribution in [0.2, 0.25) is 0 Å². The fraction of sp³-hybridized carbons (Fsp3) is 0.500. The second kappa shape index (κ2) is 6.87. The number of nitrogens with one attached hydrogen (secondary N) is 1. The molecule has 8 heteroatoms. The SMILES string of the molecule is CN(C(=O)CC(=O)NCc1ccncc1)C1CCS(=O)(=O)C1. The molecule has 2 heterocycles. The highest BCUT2D eigenvalue weighted by Crippen LogP contribution is 2.17. The first-order chi connectivity index (χ1) is 10.4. The molecule has 0 aliphatic carbocycles. The summed E-state index contributed by atoms with van der Waals surface area (Å²) in [5.74, 6) is -0.666. The topological polar surface area (TPSA) is 96.4 Å². The lowest BCUT2D eigenvalue weighted by Gasteiger charge is -2.23. The largest absolute Gasteiger partial charge is 0.352 e. The third-order valence-electron chi connectivity index (χ3n) is 3.70. The number of rotatable bonds is 5. The first-order valence-electron chi connectivity index (χ1n) is 6.99. The minimum absolute atomic E-state index is 0.0200. The molecule has 1 aromatic heterocycles. The highest BCUT2D eigenvalue weighted by atomic mass is 32.2. The van der Waals surface area contributed by atoms with Crippen LogP contribution in [0.4, 0.5) is 0 Å². The van der Waals surface area contributed by atoms with Crippen molar-refractivity contribution in [3.63, 3.8) is 0 Å². The predicted octanol–water partition coefficient (Wildman–Crippen LogP) is -0.267. The maximum absolute atomic E-state index is 12.0. The van der Waals surface area contributed by atoms with E-state index in [9.17, 15) is 18.0 Å². The van der Waals surface area contributed by atoms with Crippen molar-refractivity contribution in [1.82, 2.24) is 15.2 Å². The summed E-state index contributed by atoms with van der Waals surface area (Å²) in [4.78, 5) is 29.1. The number of aromatic nitrogens is 1. The second-order valence-corrected chi connectivity index (χ2v) is 7.60. The third kappa shape index (κ3) is 4.52. The van der Waals surface area contributed by atoms with E-state index in [0.29, 0.717) is 13.0 Å². The molecule has 7 nitrogen and oxygen atoms in total. The first-order valence-corrected chi connectivity index (χ1v) is 8.81. The summed E-state index contributed by atoms with van der Waals surface area (Å²) in [5.41, 5.74) is 0.894. The number of amides is 2. The van der Waals surface area contributed by atoms with Crippen molar-refractivity contribution in [3.05, 3.63) is 30.1 Å². The molecular weight excluding hydrogens is 306 g/mol. The van der Waals surface area contributed by atoms with Gasteiger partial charge in [-0.25, -0.2) is 8.42 Å². The van der Waals surface area contributed by atoms with Crippen molar-refractivity contribution in [1.29, 1.82) is 0 Å². The van der Waals surface area contributed by atoms with E-state index in [0.717, 1.165) is 5.56 Å². The van der Waals surface area contributed by atoms with E-state index in [1.807, 2.05) is 0 Å². The summed E-state index contributed by atoms with van der Waals surface area (Å²) >= 11 is 0. The van der Waals surface area contributed by atoms with Gasteiger partial charge in [0.25, 0.3) is 0 Å². The van der Waals surface area contributed by atoms with E-state index < -0.39 is 9.84 Å². The number of nitrogens with zero attached hydrogens (tertiary/aromatic N) is 2. The summed E-state index contributed by atoms with van der Waals surface area (Å²) in [6.07, 6.45) is 3.41. The Balaban J connectivity index is 1.80. The average Bonchev–Trinajstić information content (AvgIpc) is 2.85. The molecule has 1 fully saturated rings. The molecule has 1 atom stereocenters. The molecule has 120 valence electrons. The summed E-state index contributed by atoms with van der Waals surface area (Å²) < 4.78 is 22.9. The lowest BCUT2D eigenvalue weighted by Crippen LogP contribution is -2.40. The lowest BCUT2D eigenvalue weighted by atomic mass is 10.2. The van der Waals surface area contributed by atoms with E-state index in [1.54, 1.807) is 31.6 Å². The Labute approximate surface area is 129 Å². The van der Waals surface area contributed by atoms with Crippen molar-refractivity contribution < 1.29 is 18.0 Å². The van der Waals surface area contributed by atoms with E-state index in [-0.39, 0.29) is 35.8 Å². The fourth-order valence-corrected chi connectivity index (χ4v) is 4.08. The molecule has 2 rings (SSSR count). The summed E-state index contributed by atoms with van der Waals surface area (Å²) in [6, 6.07) is 3.22. The number of pyridine rings is 1. The first kappa shape index (κ1) is 16.4. The van der Waals surface area contributed by atoms with Crippen LogP contribution in [0.15, 0.2) is 24.5 Å². The van der Waals surface area contributed by atoms with E-state index in [1.165, 1.54) is 4.90 Å². The van der Waals surface area contributed by atoms with E-state index in [4.69, 9.17) is 0 Å².